The van der Waals surface area contributed by atoms with Crippen LogP contribution in [-0.4, -0.2) is 36.5 Å². The van der Waals surface area contributed by atoms with E-state index in [0.29, 0.717) is 6.61 Å². The number of nitrogens with one attached hydrogen (secondary N) is 2. The quantitative estimate of drug-likeness (QED) is 0.844. The molecule has 0 aliphatic heterocycles. The fraction of sp³-hybridized carbons (Fsp3) is 0.688. The first kappa shape index (κ1) is 17.2. The first-order valence-electron chi connectivity index (χ1n) is 7.76. The minimum absolute atomic E-state index is 0.0476. The molecule has 6 heteroatoms. The first-order valence-corrected chi connectivity index (χ1v) is 8.64. The molecular formula is C16H26N2O3S. The molecule has 0 saturated heterocycles. The lowest BCUT2D eigenvalue weighted by atomic mass is 9.82. The minimum atomic E-state index is -0.479. The molecule has 1 aromatic heterocycles. The van der Waals surface area contributed by atoms with E-state index in [1.165, 1.54) is 4.88 Å². The van der Waals surface area contributed by atoms with Gasteiger partial charge in [-0.1, -0.05) is 6.07 Å². The molecule has 0 bridgehead atoms. The summed E-state index contributed by atoms with van der Waals surface area (Å²) >= 11 is 1.72. The van der Waals surface area contributed by atoms with Crippen LogP contribution in [0.2, 0.25) is 0 Å². The van der Waals surface area contributed by atoms with Crippen LogP contribution in [0.25, 0.3) is 0 Å². The molecule has 1 aliphatic rings. The lowest BCUT2D eigenvalue weighted by Crippen LogP contribution is -2.66. The summed E-state index contributed by atoms with van der Waals surface area (Å²) in [6.07, 6.45) is 0.593. The number of thiophene rings is 1. The predicted molar refractivity (Wildman–Crippen MR) is 88.1 cm³/mol. The molecule has 1 saturated carbocycles. The maximum atomic E-state index is 11.9. The number of ether oxygens (including phenoxy) is 2. The van der Waals surface area contributed by atoms with Crippen LogP contribution >= 0.6 is 11.3 Å². The van der Waals surface area contributed by atoms with E-state index >= 15 is 0 Å². The van der Waals surface area contributed by atoms with Gasteiger partial charge >= 0.3 is 6.09 Å². The molecule has 5 nitrogen and oxygen atoms in total. The van der Waals surface area contributed by atoms with Crippen LogP contribution in [0.15, 0.2) is 17.5 Å². The Bertz CT molecular complexity index is 470. The minimum Gasteiger partial charge on any atom is -0.444 e. The van der Waals surface area contributed by atoms with Gasteiger partial charge in [-0.15, -0.1) is 11.3 Å². The largest absolute Gasteiger partial charge is 0.444 e. The second kappa shape index (κ2) is 7.44. The fourth-order valence-corrected chi connectivity index (χ4v) is 3.16. The number of hydrogen-bond acceptors (Lipinski definition) is 5. The van der Waals surface area contributed by atoms with Crippen molar-refractivity contribution in [1.29, 1.82) is 0 Å². The molecule has 1 aromatic rings. The van der Waals surface area contributed by atoms with Crippen LogP contribution in [0.3, 0.4) is 0 Å². The molecule has 3 atom stereocenters. The highest BCUT2D eigenvalue weighted by Gasteiger charge is 2.42. The molecule has 1 amide bonds. The predicted octanol–water partition coefficient (Wildman–Crippen LogP) is 2.91. The maximum Gasteiger partial charge on any atom is 0.407 e. The Morgan fingerprint density at radius 3 is 2.82 bits per heavy atom. The summed E-state index contributed by atoms with van der Waals surface area (Å²) in [4.78, 5) is 13.2. The second-order valence-corrected chi connectivity index (χ2v) is 7.50. The molecule has 1 aliphatic carbocycles. The van der Waals surface area contributed by atoms with Crippen molar-refractivity contribution in [1.82, 2.24) is 10.6 Å². The molecule has 2 rings (SSSR count). The van der Waals surface area contributed by atoms with E-state index < -0.39 is 5.60 Å². The van der Waals surface area contributed by atoms with Gasteiger partial charge in [0.05, 0.1) is 18.2 Å². The highest BCUT2D eigenvalue weighted by Crippen LogP contribution is 2.25. The van der Waals surface area contributed by atoms with Gasteiger partial charge in [0.2, 0.25) is 0 Å². The number of hydrogen-bond donors (Lipinski definition) is 2. The molecule has 124 valence electrons. The van der Waals surface area contributed by atoms with Gasteiger partial charge in [0.1, 0.15) is 5.60 Å². The van der Waals surface area contributed by atoms with Gasteiger partial charge in [-0.2, -0.15) is 0 Å². The van der Waals surface area contributed by atoms with Crippen molar-refractivity contribution in [3.05, 3.63) is 22.4 Å². The Labute approximate surface area is 136 Å². The van der Waals surface area contributed by atoms with E-state index in [0.717, 1.165) is 13.0 Å². The van der Waals surface area contributed by atoms with Gasteiger partial charge in [0, 0.05) is 18.0 Å². The zero-order valence-electron chi connectivity index (χ0n) is 13.7. The van der Waals surface area contributed by atoms with Crippen LogP contribution in [0, 0.1) is 0 Å². The van der Waals surface area contributed by atoms with E-state index in [9.17, 15) is 4.79 Å². The average Bonchev–Trinajstić information content (AvgIpc) is 2.88. The highest BCUT2D eigenvalue weighted by molar-refractivity contribution is 7.09. The van der Waals surface area contributed by atoms with Gasteiger partial charge in [-0.3, -0.25) is 0 Å². The molecular weight excluding hydrogens is 300 g/mol. The SMILES string of the molecule is CCOC1CC(NC(=O)OC(C)(C)C)C1NCc1cccs1. The molecule has 0 aromatic carbocycles. The van der Waals surface area contributed by atoms with Gasteiger partial charge in [-0.05, 0) is 45.6 Å². The Kier molecular flexibility index (Phi) is 5.83. The van der Waals surface area contributed by atoms with Crippen LogP contribution in [0.4, 0.5) is 4.79 Å². The summed E-state index contributed by atoms with van der Waals surface area (Å²) in [5.74, 6) is 0. The van der Waals surface area contributed by atoms with Gasteiger partial charge < -0.3 is 20.1 Å². The number of carbonyl (C=O) groups excluding carboxylic acids is 1. The van der Waals surface area contributed by atoms with Gasteiger partial charge in [0.25, 0.3) is 0 Å². The fourth-order valence-electron chi connectivity index (χ4n) is 2.51. The number of rotatable bonds is 6. The lowest BCUT2D eigenvalue weighted by molar-refractivity contribution is -0.0437. The summed E-state index contributed by atoms with van der Waals surface area (Å²) in [6.45, 7) is 9.05. The Morgan fingerprint density at radius 2 is 2.23 bits per heavy atom. The van der Waals surface area contributed by atoms with E-state index in [-0.39, 0.29) is 24.3 Å². The lowest BCUT2D eigenvalue weighted by Gasteiger charge is -2.44. The molecule has 3 unspecified atom stereocenters. The molecule has 22 heavy (non-hydrogen) atoms. The van der Waals surface area contributed by atoms with Crippen molar-refractivity contribution >= 4 is 17.4 Å². The first-order chi connectivity index (χ1) is 10.4. The molecule has 1 heterocycles. The number of alkyl carbamates (subject to hydrolysis) is 1. The summed E-state index contributed by atoms with van der Waals surface area (Å²) in [7, 11) is 0. The van der Waals surface area contributed by atoms with E-state index in [2.05, 4.69) is 22.1 Å². The smallest absolute Gasteiger partial charge is 0.407 e. The Balaban J connectivity index is 1.85. The van der Waals surface area contributed by atoms with E-state index in [1.807, 2.05) is 33.8 Å². The van der Waals surface area contributed by atoms with Gasteiger partial charge in [0.15, 0.2) is 0 Å². The summed E-state index contributed by atoms with van der Waals surface area (Å²) in [5, 5.41) is 8.49. The molecule has 1 fully saturated rings. The van der Waals surface area contributed by atoms with Crippen LogP contribution in [-0.2, 0) is 16.0 Å². The molecule has 0 spiro atoms. The van der Waals surface area contributed by atoms with Crippen molar-refractivity contribution in [3.63, 3.8) is 0 Å². The highest BCUT2D eigenvalue weighted by atomic mass is 32.1. The monoisotopic (exact) mass is 326 g/mol. The van der Waals surface area contributed by atoms with Crippen molar-refractivity contribution in [2.45, 2.75) is 64.4 Å². The summed E-state index contributed by atoms with van der Waals surface area (Å²) in [5.41, 5.74) is -0.479. The summed E-state index contributed by atoms with van der Waals surface area (Å²) < 4.78 is 11.0. The van der Waals surface area contributed by atoms with Crippen LogP contribution in [0.5, 0.6) is 0 Å². The standard InChI is InChI=1S/C16H26N2O3S/c1-5-20-13-9-12(18-15(19)21-16(2,3)4)14(13)17-10-11-7-6-8-22-11/h6-8,12-14,17H,5,9-10H2,1-4H3,(H,18,19). The Hall–Kier alpha value is -1.11. The Morgan fingerprint density at radius 1 is 1.45 bits per heavy atom. The van der Waals surface area contributed by atoms with Crippen molar-refractivity contribution in [2.24, 2.45) is 0 Å². The normalized spacial score (nSPS) is 24.6. The molecule has 2 N–H and O–H groups in total. The zero-order chi connectivity index (χ0) is 16.2. The van der Waals surface area contributed by atoms with Crippen LogP contribution < -0.4 is 10.6 Å². The third-order valence-corrected chi connectivity index (χ3v) is 4.37. The molecule has 0 radical (unpaired) electrons. The van der Waals surface area contributed by atoms with Crippen LogP contribution in [0.1, 0.15) is 39.0 Å². The number of amides is 1. The zero-order valence-corrected chi connectivity index (χ0v) is 14.5. The maximum absolute atomic E-state index is 11.9. The topological polar surface area (TPSA) is 59.6 Å². The van der Waals surface area contributed by atoms with Crippen molar-refractivity contribution < 1.29 is 14.3 Å². The number of carbonyl (C=O) groups is 1. The van der Waals surface area contributed by atoms with Crippen molar-refractivity contribution in [2.75, 3.05) is 6.61 Å². The van der Waals surface area contributed by atoms with Crippen molar-refractivity contribution in [3.8, 4) is 0 Å². The van der Waals surface area contributed by atoms with E-state index in [4.69, 9.17) is 9.47 Å². The average molecular weight is 326 g/mol. The van der Waals surface area contributed by atoms with E-state index in [1.54, 1.807) is 11.3 Å². The third kappa shape index (κ3) is 4.97. The summed E-state index contributed by atoms with van der Waals surface area (Å²) in [6, 6.07) is 4.31. The van der Waals surface area contributed by atoms with Gasteiger partial charge in [-0.25, -0.2) is 4.79 Å². The second-order valence-electron chi connectivity index (χ2n) is 6.47. The third-order valence-electron chi connectivity index (χ3n) is 3.50.